The van der Waals surface area contributed by atoms with Gasteiger partial charge in [-0.3, -0.25) is 4.55 Å². The van der Waals surface area contributed by atoms with E-state index in [0.29, 0.717) is 0 Å². The van der Waals surface area contributed by atoms with Crippen molar-refractivity contribution in [3.05, 3.63) is 0 Å². The Morgan fingerprint density at radius 1 is 1.15 bits per heavy atom. The van der Waals surface area contributed by atoms with Crippen LogP contribution < -0.4 is 0 Å². The summed E-state index contributed by atoms with van der Waals surface area (Å²) in [5.41, 5.74) is 0. The molecular formula is C7H20O5S. The monoisotopic (exact) mass is 216 g/mol. The third-order valence-electron chi connectivity index (χ3n) is 1.06. The van der Waals surface area contributed by atoms with Crippen LogP contribution in [-0.4, -0.2) is 35.9 Å². The number of aliphatic hydroxyl groups is 1. The molecule has 0 saturated heterocycles. The summed E-state index contributed by atoms with van der Waals surface area (Å²) in [5, 5.41) is 7.86. The molecule has 0 rings (SSSR count). The van der Waals surface area contributed by atoms with Crippen molar-refractivity contribution in [3.8, 4) is 0 Å². The largest absolute Gasteiger partial charge is 0.412 e. The highest BCUT2D eigenvalue weighted by atomic mass is 32.2. The zero-order valence-corrected chi connectivity index (χ0v) is 8.97. The Hall–Kier alpha value is -0.170. The molecule has 0 bridgehead atoms. The van der Waals surface area contributed by atoms with Crippen molar-refractivity contribution in [1.29, 1.82) is 0 Å². The predicted octanol–water partition coefficient (Wildman–Crippen LogP) is 0.238. The molecule has 0 aliphatic rings. The molecule has 0 unspecified atom stereocenters. The number of unbranched alkanes of at least 4 members (excludes halogenated alkanes) is 2. The topological polar surface area (TPSA) is 106 Å². The molecule has 13 heavy (non-hydrogen) atoms. The summed E-state index contributed by atoms with van der Waals surface area (Å²) in [6, 6.07) is 0. The standard InChI is InChI=1S/C5H12.C2H6O4S.H2O/c1-3-5-4-2;3-1-2-7(4,5)6;/h3-5H2,1-2H3;3H,1-2H2,(H,4,5,6);1H2. The molecule has 0 saturated carbocycles. The number of rotatable bonds is 4. The van der Waals surface area contributed by atoms with Crippen molar-refractivity contribution >= 4 is 10.1 Å². The van der Waals surface area contributed by atoms with Gasteiger partial charge in [0.2, 0.25) is 0 Å². The molecule has 0 atom stereocenters. The maximum atomic E-state index is 9.63. The van der Waals surface area contributed by atoms with Gasteiger partial charge in [-0.05, 0) is 0 Å². The van der Waals surface area contributed by atoms with Crippen molar-refractivity contribution in [1.82, 2.24) is 0 Å². The summed E-state index contributed by atoms with van der Waals surface area (Å²) in [7, 11) is -3.92. The minimum Gasteiger partial charge on any atom is -0.412 e. The third kappa shape index (κ3) is 33.6. The maximum Gasteiger partial charge on any atom is 0.267 e. The van der Waals surface area contributed by atoms with Crippen LogP contribution in [0.2, 0.25) is 0 Å². The fraction of sp³-hybridized carbons (Fsp3) is 1.00. The second-order valence-corrected chi connectivity index (χ2v) is 3.94. The molecule has 84 valence electrons. The van der Waals surface area contributed by atoms with Crippen molar-refractivity contribution in [2.24, 2.45) is 0 Å². The van der Waals surface area contributed by atoms with Gasteiger partial charge in [0.15, 0.2) is 0 Å². The number of hydrogen-bond acceptors (Lipinski definition) is 3. The highest BCUT2D eigenvalue weighted by molar-refractivity contribution is 7.85. The second kappa shape index (κ2) is 11.8. The van der Waals surface area contributed by atoms with E-state index < -0.39 is 22.5 Å². The van der Waals surface area contributed by atoms with Crippen LogP contribution in [0.25, 0.3) is 0 Å². The SMILES string of the molecule is CCCCC.O.O=S(=O)(O)CCO. The molecular weight excluding hydrogens is 196 g/mol. The first kappa shape index (κ1) is 18.6. The summed E-state index contributed by atoms with van der Waals surface area (Å²) >= 11 is 0. The quantitative estimate of drug-likeness (QED) is 0.656. The molecule has 0 radical (unpaired) electrons. The van der Waals surface area contributed by atoms with E-state index in [9.17, 15) is 8.42 Å². The highest BCUT2D eigenvalue weighted by Gasteiger charge is 1.99. The number of aliphatic hydroxyl groups excluding tert-OH is 1. The molecule has 0 spiro atoms. The van der Waals surface area contributed by atoms with Gasteiger partial charge in [-0.15, -0.1) is 0 Å². The molecule has 5 nitrogen and oxygen atoms in total. The first-order chi connectivity index (χ1) is 5.47. The van der Waals surface area contributed by atoms with Gasteiger partial charge in [0.1, 0.15) is 0 Å². The smallest absolute Gasteiger partial charge is 0.267 e. The molecule has 0 aliphatic carbocycles. The summed E-state index contributed by atoms with van der Waals surface area (Å²) < 4.78 is 27.1. The van der Waals surface area contributed by atoms with Crippen molar-refractivity contribution in [2.45, 2.75) is 33.1 Å². The van der Waals surface area contributed by atoms with E-state index in [2.05, 4.69) is 13.8 Å². The van der Waals surface area contributed by atoms with Crippen molar-refractivity contribution in [3.63, 3.8) is 0 Å². The molecule has 0 aromatic heterocycles. The minimum absolute atomic E-state index is 0. The molecule has 0 aromatic rings. The average molecular weight is 216 g/mol. The van der Waals surface area contributed by atoms with Gasteiger partial charge in [-0.2, -0.15) is 8.42 Å². The first-order valence-corrected chi connectivity index (χ1v) is 5.64. The zero-order chi connectivity index (χ0) is 10.0. The first-order valence-electron chi connectivity index (χ1n) is 4.04. The second-order valence-electron chi connectivity index (χ2n) is 2.36. The van der Waals surface area contributed by atoms with Gasteiger partial charge >= 0.3 is 0 Å². The van der Waals surface area contributed by atoms with Crippen molar-refractivity contribution < 1.29 is 23.6 Å². The highest BCUT2D eigenvalue weighted by Crippen LogP contribution is 1.88. The van der Waals surface area contributed by atoms with Gasteiger partial charge in [-0.25, -0.2) is 0 Å². The van der Waals surface area contributed by atoms with Crippen molar-refractivity contribution in [2.75, 3.05) is 12.4 Å². The van der Waals surface area contributed by atoms with E-state index in [1.807, 2.05) is 0 Å². The van der Waals surface area contributed by atoms with Crippen LogP contribution in [0.4, 0.5) is 0 Å². The van der Waals surface area contributed by atoms with Crippen LogP contribution in [-0.2, 0) is 10.1 Å². The Balaban J connectivity index is -0.000000150. The van der Waals surface area contributed by atoms with Crippen LogP contribution in [0.5, 0.6) is 0 Å². The van der Waals surface area contributed by atoms with Crippen LogP contribution >= 0.6 is 0 Å². The van der Waals surface area contributed by atoms with Crippen LogP contribution in [0.3, 0.4) is 0 Å². The normalized spacial score (nSPS) is 9.54. The fourth-order valence-electron chi connectivity index (χ4n) is 0.469. The Labute approximate surface area is 79.8 Å². The van der Waals surface area contributed by atoms with Crippen LogP contribution in [0.1, 0.15) is 33.1 Å². The molecule has 0 heterocycles. The molecule has 6 heteroatoms. The minimum atomic E-state index is -3.92. The summed E-state index contributed by atoms with van der Waals surface area (Å²) in [6.07, 6.45) is 4.08. The Bertz CT molecular complexity index is 162. The zero-order valence-electron chi connectivity index (χ0n) is 8.15. The summed E-state index contributed by atoms with van der Waals surface area (Å²) in [4.78, 5) is 0. The van der Waals surface area contributed by atoms with Gasteiger partial charge in [0, 0.05) is 0 Å². The Morgan fingerprint density at radius 3 is 1.54 bits per heavy atom. The van der Waals surface area contributed by atoms with Crippen LogP contribution in [0.15, 0.2) is 0 Å². The van der Waals surface area contributed by atoms with Gasteiger partial charge in [-0.1, -0.05) is 33.1 Å². The predicted molar refractivity (Wildman–Crippen MR) is 52.3 cm³/mol. The maximum absolute atomic E-state index is 9.63. The fourth-order valence-corrected chi connectivity index (χ4v) is 0.700. The summed E-state index contributed by atoms with van der Waals surface area (Å²) in [5.74, 6) is -0.576. The van der Waals surface area contributed by atoms with E-state index in [1.54, 1.807) is 0 Å². The molecule has 0 aromatic carbocycles. The molecule has 4 N–H and O–H groups in total. The summed E-state index contributed by atoms with van der Waals surface area (Å²) in [6.45, 7) is 3.89. The van der Waals surface area contributed by atoms with Crippen LogP contribution in [0, 0.1) is 0 Å². The average Bonchev–Trinajstić information content (AvgIpc) is 1.87. The van der Waals surface area contributed by atoms with E-state index in [-0.39, 0.29) is 5.48 Å². The van der Waals surface area contributed by atoms with E-state index in [4.69, 9.17) is 9.66 Å². The Kier molecular flexibility index (Phi) is 16.9. The van der Waals surface area contributed by atoms with Gasteiger partial charge < -0.3 is 10.6 Å². The lowest BCUT2D eigenvalue weighted by molar-refractivity contribution is 0.315. The molecule has 0 aliphatic heterocycles. The molecule has 0 amide bonds. The third-order valence-corrected chi connectivity index (χ3v) is 1.75. The van der Waals surface area contributed by atoms with E-state index >= 15 is 0 Å². The Morgan fingerprint density at radius 2 is 1.54 bits per heavy atom. The molecule has 0 fully saturated rings. The lowest BCUT2D eigenvalue weighted by atomic mass is 10.3. The number of hydrogen-bond donors (Lipinski definition) is 2. The lowest BCUT2D eigenvalue weighted by Gasteiger charge is -1.85. The van der Waals surface area contributed by atoms with Gasteiger partial charge in [0.25, 0.3) is 10.1 Å². The van der Waals surface area contributed by atoms with Gasteiger partial charge in [0.05, 0.1) is 12.4 Å². The van der Waals surface area contributed by atoms with E-state index in [1.165, 1.54) is 19.3 Å². The lowest BCUT2D eigenvalue weighted by Crippen LogP contribution is -2.06. The van der Waals surface area contributed by atoms with E-state index in [0.717, 1.165) is 0 Å².